The molecule has 2 aromatic rings. The van der Waals surface area contributed by atoms with Gasteiger partial charge in [0.2, 0.25) is 0 Å². The lowest BCUT2D eigenvalue weighted by molar-refractivity contribution is 0.621. The van der Waals surface area contributed by atoms with Crippen molar-refractivity contribution in [3.63, 3.8) is 0 Å². The molecule has 1 heterocycles. The summed E-state index contributed by atoms with van der Waals surface area (Å²) in [6.45, 7) is 0. The van der Waals surface area contributed by atoms with Gasteiger partial charge in [0.05, 0.1) is 5.69 Å². The van der Waals surface area contributed by atoms with Gasteiger partial charge in [-0.15, -0.1) is 15.0 Å². The molecular weight excluding hydrogens is 159 g/mol. The fourth-order valence-electron chi connectivity index (χ4n) is 0.886. The van der Waals surface area contributed by atoms with E-state index >= 15 is 0 Å². The van der Waals surface area contributed by atoms with Crippen LogP contribution in [0.5, 0.6) is 0 Å². The van der Waals surface area contributed by atoms with Crippen molar-refractivity contribution in [3.05, 3.63) is 36.4 Å². The molecule has 0 saturated carbocycles. The van der Waals surface area contributed by atoms with E-state index in [4.69, 9.17) is 0 Å². The highest BCUT2D eigenvalue weighted by molar-refractivity contribution is 5.28. The zero-order chi connectivity index (χ0) is 8.39. The van der Waals surface area contributed by atoms with Gasteiger partial charge in [-0.25, -0.2) is 4.39 Å². The van der Waals surface area contributed by atoms with E-state index in [1.807, 2.05) is 0 Å². The molecule has 0 aliphatic carbocycles. The molecule has 5 heteroatoms. The maximum absolute atomic E-state index is 12.7. The van der Waals surface area contributed by atoms with Crippen molar-refractivity contribution in [3.8, 4) is 5.69 Å². The van der Waals surface area contributed by atoms with Gasteiger partial charge in [-0.3, -0.25) is 0 Å². The molecular formula is C7H5FN4. The predicted octanol–water partition coefficient (Wildman–Crippen LogP) is 0.801. The first-order valence-electron chi connectivity index (χ1n) is 3.35. The van der Waals surface area contributed by atoms with E-state index in [-0.39, 0.29) is 5.82 Å². The first-order chi connectivity index (χ1) is 5.86. The molecule has 2 rings (SSSR count). The highest BCUT2D eigenvalue weighted by atomic mass is 19.1. The second kappa shape index (κ2) is 2.69. The van der Waals surface area contributed by atoms with Crippen molar-refractivity contribution in [2.45, 2.75) is 0 Å². The molecule has 0 bridgehead atoms. The number of rotatable bonds is 1. The molecule has 0 radical (unpaired) electrons. The van der Waals surface area contributed by atoms with E-state index in [1.165, 1.54) is 23.3 Å². The summed E-state index contributed by atoms with van der Waals surface area (Å²) in [6.07, 6.45) is 1.30. The summed E-state index contributed by atoms with van der Waals surface area (Å²) in [5.41, 5.74) is 0.563. The summed E-state index contributed by atoms with van der Waals surface area (Å²) < 4.78 is 12.7. The zero-order valence-corrected chi connectivity index (χ0v) is 6.05. The molecule has 12 heavy (non-hydrogen) atoms. The number of halogens is 1. The smallest absolute Gasteiger partial charge is 0.162 e. The lowest BCUT2D eigenvalue weighted by atomic mass is 10.3. The van der Waals surface area contributed by atoms with Crippen LogP contribution in [-0.2, 0) is 0 Å². The fraction of sp³-hybridized carbons (Fsp3) is 0. The van der Waals surface area contributed by atoms with Gasteiger partial charge >= 0.3 is 0 Å². The number of benzene rings is 1. The summed E-state index contributed by atoms with van der Waals surface area (Å²) in [5.74, 6) is -0.315. The van der Waals surface area contributed by atoms with Crippen molar-refractivity contribution < 1.29 is 4.39 Å². The van der Waals surface area contributed by atoms with Gasteiger partial charge in [0, 0.05) is 6.07 Å². The van der Waals surface area contributed by atoms with E-state index in [2.05, 4.69) is 15.4 Å². The minimum absolute atomic E-state index is 0.315. The Balaban J connectivity index is 2.48. The summed E-state index contributed by atoms with van der Waals surface area (Å²) in [5, 5.41) is 10.9. The molecule has 1 aromatic carbocycles. The van der Waals surface area contributed by atoms with Gasteiger partial charge in [-0.2, -0.15) is 0 Å². The quantitative estimate of drug-likeness (QED) is 0.626. The molecule has 1 aromatic heterocycles. The summed E-state index contributed by atoms with van der Waals surface area (Å²) in [7, 11) is 0. The van der Waals surface area contributed by atoms with E-state index in [0.717, 1.165) is 0 Å². The van der Waals surface area contributed by atoms with Crippen LogP contribution < -0.4 is 0 Å². The number of aromatic nitrogens is 4. The maximum Gasteiger partial charge on any atom is 0.162 e. The molecule has 0 unspecified atom stereocenters. The molecule has 0 fully saturated rings. The Bertz CT molecular complexity index is 371. The van der Waals surface area contributed by atoms with Crippen LogP contribution in [0.4, 0.5) is 4.39 Å². The first-order valence-corrected chi connectivity index (χ1v) is 3.35. The first kappa shape index (κ1) is 6.90. The minimum atomic E-state index is -0.315. The second-order valence-electron chi connectivity index (χ2n) is 2.21. The van der Waals surface area contributed by atoms with Crippen LogP contribution in [0, 0.1) is 5.82 Å². The van der Waals surface area contributed by atoms with Crippen LogP contribution in [0.2, 0.25) is 0 Å². The van der Waals surface area contributed by atoms with Gasteiger partial charge in [-0.05, 0) is 17.3 Å². The molecule has 0 aliphatic rings. The normalized spacial score (nSPS) is 10.1. The van der Waals surface area contributed by atoms with Gasteiger partial charge in [0.25, 0.3) is 0 Å². The fourth-order valence-corrected chi connectivity index (χ4v) is 0.886. The molecule has 0 spiro atoms. The average Bonchev–Trinajstić information content (AvgIpc) is 2.56. The SMILES string of the molecule is Fc1cccc(-n2ncnn2)c1. The number of nitrogens with zero attached hydrogens (tertiary/aromatic N) is 4. The predicted molar refractivity (Wildman–Crippen MR) is 39.1 cm³/mol. The van der Waals surface area contributed by atoms with Gasteiger partial charge < -0.3 is 0 Å². The van der Waals surface area contributed by atoms with Crippen LogP contribution in [0.1, 0.15) is 0 Å². The highest BCUT2D eigenvalue weighted by Crippen LogP contribution is 2.05. The molecule has 4 nitrogen and oxygen atoms in total. The minimum Gasteiger partial charge on any atom is -0.207 e. The Morgan fingerprint density at radius 3 is 2.92 bits per heavy atom. The summed E-state index contributed by atoms with van der Waals surface area (Å²) in [4.78, 5) is 1.25. The molecule has 0 saturated heterocycles. The van der Waals surface area contributed by atoms with E-state index < -0.39 is 0 Å². The lowest BCUT2D eigenvalue weighted by Gasteiger charge is -1.96. The third-order valence-corrected chi connectivity index (χ3v) is 1.39. The van der Waals surface area contributed by atoms with Crippen molar-refractivity contribution >= 4 is 0 Å². The maximum atomic E-state index is 12.7. The topological polar surface area (TPSA) is 43.6 Å². The Morgan fingerprint density at radius 1 is 1.33 bits per heavy atom. The Labute approximate surface area is 67.6 Å². The summed E-state index contributed by atoms with van der Waals surface area (Å²) >= 11 is 0. The Morgan fingerprint density at radius 2 is 2.25 bits per heavy atom. The van der Waals surface area contributed by atoms with Crippen LogP contribution >= 0.6 is 0 Å². The molecule has 60 valence electrons. The van der Waals surface area contributed by atoms with Crippen LogP contribution in [0.25, 0.3) is 5.69 Å². The Hall–Kier alpha value is -1.78. The van der Waals surface area contributed by atoms with E-state index in [1.54, 1.807) is 12.1 Å². The standard InChI is InChI=1S/C7H5FN4/c8-6-2-1-3-7(4-6)12-10-5-9-11-12/h1-5H. The van der Waals surface area contributed by atoms with Crippen LogP contribution in [0.15, 0.2) is 30.6 Å². The lowest BCUT2D eigenvalue weighted by Crippen LogP contribution is -1.98. The molecule has 0 N–H and O–H groups in total. The third-order valence-electron chi connectivity index (χ3n) is 1.39. The van der Waals surface area contributed by atoms with Crippen molar-refractivity contribution in [1.82, 2.24) is 20.2 Å². The number of tetrazole rings is 1. The third kappa shape index (κ3) is 1.16. The van der Waals surface area contributed by atoms with Crippen LogP contribution in [-0.4, -0.2) is 20.2 Å². The van der Waals surface area contributed by atoms with Crippen LogP contribution in [0.3, 0.4) is 0 Å². The van der Waals surface area contributed by atoms with Gasteiger partial charge in [0.1, 0.15) is 5.82 Å². The van der Waals surface area contributed by atoms with E-state index in [9.17, 15) is 4.39 Å². The molecule has 0 atom stereocenters. The average molecular weight is 164 g/mol. The monoisotopic (exact) mass is 164 g/mol. The molecule has 0 amide bonds. The zero-order valence-electron chi connectivity index (χ0n) is 6.05. The molecule has 0 aliphatic heterocycles. The number of hydrogen-bond acceptors (Lipinski definition) is 3. The van der Waals surface area contributed by atoms with Gasteiger partial charge in [-0.1, -0.05) is 6.07 Å². The largest absolute Gasteiger partial charge is 0.207 e. The Kier molecular flexibility index (Phi) is 1.55. The van der Waals surface area contributed by atoms with E-state index in [0.29, 0.717) is 5.69 Å². The highest BCUT2D eigenvalue weighted by Gasteiger charge is 1.98. The summed E-state index contributed by atoms with van der Waals surface area (Å²) in [6, 6.07) is 5.99. The van der Waals surface area contributed by atoms with Crippen molar-refractivity contribution in [2.75, 3.05) is 0 Å². The number of hydrogen-bond donors (Lipinski definition) is 0. The van der Waals surface area contributed by atoms with Crippen molar-refractivity contribution in [1.29, 1.82) is 0 Å². The van der Waals surface area contributed by atoms with Gasteiger partial charge in [0.15, 0.2) is 6.33 Å². The second-order valence-corrected chi connectivity index (χ2v) is 2.21. The van der Waals surface area contributed by atoms with Crippen molar-refractivity contribution in [2.24, 2.45) is 0 Å².